The highest BCUT2D eigenvalue weighted by molar-refractivity contribution is 5.97. The molecule has 0 saturated heterocycles. The van der Waals surface area contributed by atoms with Crippen LogP contribution in [0.15, 0.2) is 79.3 Å². The van der Waals surface area contributed by atoms with Crippen molar-refractivity contribution in [1.82, 2.24) is 19.9 Å². The van der Waals surface area contributed by atoms with E-state index in [4.69, 9.17) is 4.74 Å². The number of hydrogen-bond acceptors (Lipinski definition) is 5. The van der Waals surface area contributed by atoms with Gasteiger partial charge in [0.25, 0.3) is 0 Å². The quantitative estimate of drug-likeness (QED) is 0.354. The molecular formula is C28H26FN5O3. The summed E-state index contributed by atoms with van der Waals surface area (Å²) < 4.78 is 20.6. The molecule has 8 nitrogen and oxygen atoms in total. The molecule has 1 unspecified atom stereocenters. The summed E-state index contributed by atoms with van der Waals surface area (Å²) in [4.78, 5) is 34.4. The first kappa shape index (κ1) is 24.2. The summed E-state index contributed by atoms with van der Waals surface area (Å²) in [5, 5.41) is 5.71. The average Bonchev–Trinajstić information content (AvgIpc) is 3.67. The third-order valence-electron chi connectivity index (χ3n) is 5.95. The molecule has 188 valence electrons. The number of ether oxygens (including phenoxy) is 1. The number of pyridine rings is 1. The first-order valence-corrected chi connectivity index (χ1v) is 12.0. The van der Waals surface area contributed by atoms with Gasteiger partial charge in [0, 0.05) is 31.1 Å². The lowest BCUT2D eigenvalue weighted by Gasteiger charge is -2.17. The van der Waals surface area contributed by atoms with Crippen LogP contribution in [-0.2, 0) is 23.1 Å². The van der Waals surface area contributed by atoms with Crippen LogP contribution in [-0.4, -0.2) is 32.4 Å². The number of aryl methyl sites for hydroxylation is 1. The van der Waals surface area contributed by atoms with E-state index in [1.807, 2.05) is 31.4 Å². The van der Waals surface area contributed by atoms with Gasteiger partial charge in [-0.15, -0.1) is 0 Å². The van der Waals surface area contributed by atoms with Crippen LogP contribution >= 0.6 is 0 Å². The minimum Gasteiger partial charge on any atom is -0.457 e. The molecule has 5 rings (SSSR count). The molecule has 1 aliphatic rings. The normalized spacial score (nSPS) is 13.6. The van der Waals surface area contributed by atoms with Crippen molar-refractivity contribution in [2.24, 2.45) is 13.0 Å². The Morgan fingerprint density at radius 2 is 1.76 bits per heavy atom. The van der Waals surface area contributed by atoms with Gasteiger partial charge in [0.2, 0.25) is 11.8 Å². The zero-order valence-corrected chi connectivity index (χ0v) is 20.2. The Hall–Kier alpha value is -4.53. The summed E-state index contributed by atoms with van der Waals surface area (Å²) in [6.45, 7) is 0. The molecule has 2 aromatic heterocycles. The van der Waals surface area contributed by atoms with Crippen LogP contribution in [0.1, 0.15) is 18.5 Å². The molecule has 4 aromatic rings. The van der Waals surface area contributed by atoms with Gasteiger partial charge in [0.05, 0.1) is 17.7 Å². The third-order valence-corrected chi connectivity index (χ3v) is 5.95. The van der Waals surface area contributed by atoms with Gasteiger partial charge in [-0.25, -0.2) is 14.4 Å². The first-order chi connectivity index (χ1) is 17.9. The molecule has 37 heavy (non-hydrogen) atoms. The largest absolute Gasteiger partial charge is 0.457 e. The van der Waals surface area contributed by atoms with E-state index >= 15 is 0 Å². The fourth-order valence-electron chi connectivity index (χ4n) is 3.84. The second kappa shape index (κ2) is 10.6. The van der Waals surface area contributed by atoms with E-state index in [-0.39, 0.29) is 30.0 Å². The zero-order chi connectivity index (χ0) is 25.8. The Labute approximate surface area is 213 Å². The number of nitrogens with one attached hydrogen (secondary N) is 2. The van der Waals surface area contributed by atoms with Gasteiger partial charge >= 0.3 is 0 Å². The molecular weight excluding hydrogens is 473 g/mol. The molecule has 0 radical (unpaired) electrons. The topological polar surface area (TPSA) is 98.1 Å². The van der Waals surface area contributed by atoms with Crippen LogP contribution in [0, 0.1) is 11.7 Å². The van der Waals surface area contributed by atoms with Gasteiger partial charge in [-0.3, -0.25) is 9.59 Å². The SMILES string of the molecule is Cn1cnc(CC(NC(=O)C2CC2)C(=O)Nc2cccc(-c3ccc(Oc4ccc(F)cc4)cc3)n2)c1. The number of aromatic nitrogens is 3. The Bertz CT molecular complexity index is 1400. The van der Waals surface area contributed by atoms with Crippen molar-refractivity contribution in [3.8, 4) is 22.8 Å². The Morgan fingerprint density at radius 1 is 1.05 bits per heavy atom. The maximum absolute atomic E-state index is 13.1. The number of carbonyl (C=O) groups is 2. The lowest BCUT2D eigenvalue weighted by molar-refractivity contribution is -0.127. The highest BCUT2D eigenvalue weighted by Gasteiger charge is 2.33. The number of imidazole rings is 1. The van der Waals surface area contributed by atoms with Gasteiger partial charge in [0.1, 0.15) is 29.2 Å². The Morgan fingerprint density at radius 3 is 2.41 bits per heavy atom. The van der Waals surface area contributed by atoms with Gasteiger partial charge < -0.3 is 19.9 Å². The second-order valence-corrected chi connectivity index (χ2v) is 9.05. The predicted octanol–water partition coefficient (Wildman–Crippen LogP) is 4.49. The van der Waals surface area contributed by atoms with Crippen LogP contribution < -0.4 is 15.4 Å². The monoisotopic (exact) mass is 499 g/mol. The highest BCUT2D eigenvalue weighted by atomic mass is 19.1. The smallest absolute Gasteiger partial charge is 0.248 e. The molecule has 1 fully saturated rings. The number of nitrogens with zero attached hydrogens (tertiary/aromatic N) is 3. The second-order valence-electron chi connectivity index (χ2n) is 9.05. The van der Waals surface area contributed by atoms with E-state index in [0.29, 0.717) is 28.7 Å². The number of amides is 2. The van der Waals surface area contributed by atoms with Crippen molar-refractivity contribution < 1.29 is 18.7 Å². The zero-order valence-electron chi connectivity index (χ0n) is 20.2. The van der Waals surface area contributed by atoms with E-state index in [2.05, 4.69) is 20.6 Å². The van der Waals surface area contributed by atoms with Gasteiger partial charge in [-0.2, -0.15) is 0 Å². The molecule has 2 amide bonds. The third kappa shape index (κ3) is 6.38. The van der Waals surface area contributed by atoms with Gasteiger partial charge in [-0.05, 0) is 73.5 Å². The number of anilines is 1. The molecule has 2 N–H and O–H groups in total. The fraction of sp³-hybridized carbons (Fsp3) is 0.214. The van der Waals surface area contributed by atoms with Crippen LogP contribution in [0.3, 0.4) is 0 Å². The Balaban J connectivity index is 1.27. The molecule has 9 heteroatoms. The molecule has 1 aliphatic carbocycles. The maximum Gasteiger partial charge on any atom is 0.248 e. The van der Waals surface area contributed by atoms with E-state index in [1.54, 1.807) is 47.3 Å². The van der Waals surface area contributed by atoms with E-state index < -0.39 is 6.04 Å². The molecule has 2 heterocycles. The molecule has 0 aliphatic heterocycles. The van der Waals surface area contributed by atoms with Crippen molar-refractivity contribution in [1.29, 1.82) is 0 Å². The van der Waals surface area contributed by atoms with E-state index in [1.165, 1.54) is 12.1 Å². The Kier molecular flexibility index (Phi) is 6.93. The van der Waals surface area contributed by atoms with Crippen molar-refractivity contribution in [2.45, 2.75) is 25.3 Å². The lowest BCUT2D eigenvalue weighted by atomic mass is 10.1. The summed E-state index contributed by atoms with van der Waals surface area (Å²) in [5.74, 6) is 0.702. The van der Waals surface area contributed by atoms with E-state index in [0.717, 1.165) is 18.4 Å². The van der Waals surface area contributed by atoms with Crippen molar-refractivity contribution >= 4 is 17.6 Å². The van der Waals surface area contributed by atoms with Gasteiger partial charge in [0.15, 0.2) is 0 Å². The summed E-state index contributed by atoms with van der Waals surface area (Å²) in [7, 11) is 1.85. The summed E-state index contributed by atoms with van der Waals surface area (Å²) in [5.41, 5.74) is 2.20. The number of carbonyl (C=O) groups excluding carboxylic acids is 2. The fourth-order valence-corrected chi connectivity index (χ4v) is 3.84. The number of rotatable bonds is 9. The van der Waals surface area contributed by atoms with Gasteiger partial charge in [-0.1, -0.05) is 6.07 Å². The molecule has 2 aromatic carbocycles. The standard InChI is InChI=1S/C28H26FN5O3/c1-34-16-21(30-17-34)15-25(32-27(35)19-5-6-19)28(36)33-26-4-2-3-24(31-26)18-7-11-22(12-8-18)37-23-13-9-20(29)10-14-23/h2-4,7-14,16-17,19,25H,5-6,15H2,1H3,(H,32,35)(H,31,33,36). The van der Waals surface area contributed by atoms with Crippen LogP contribution in [0.25, 0.3) is 11.3 Å². The van der Waals surface area contributed by atoms with E-state index in [9.17, 15) is 14.0 Å². The average molecular weight is 500 g/mol. The minimum atomic E-state index is -0.767. The minimum absolute atomic E-state index is 0.0181. The summed E-state index contributed by atoms with van der Waals surface area (Å²) in [6, 6.07) is 17.7. The molecule has 1 atom stereocenters. The predicted molar refractivity (Wildman–Crippen MR) is 136 cm³/mol. The first-order valence-electron chi connectivity index (χ1n) is 12.0. The van der Waals surface area contributed by atoms with Crippen molar-refractivity contribution in [3.63, 3.8) is 0 Å². The van der Waals surface area contributed by atoms with Crippen LogP contribution in [0.4, 0.5) is 10.2 Å². The van der Waals surface area contributed by atoms with Crippen LogP contribution in [0.5, 0.6) is 11.5 Å². The molecule has 0 spiro atoms. The lowest BCUT2D eigenvalue weighted by Crippen LogP contribution is -2.46. The summed E-state index contributed by atoms with van der Waals surface area (Å²) >= 11 is 0. The maximum atomic E-state index is 13.1. The van der Waals surface area contributed by atoms with Crippen molar-refractivity contribution in [2.75, 3.05) is 5.32 Å². The highest BCUT2D eigenvalue weighted by Crippen LogP contribution is 2.29. The molecule has 1 saturated carbocycles. The summed E-state index contributed by atoms with van der Waals surface area (Å²) in [6.07, 6.45) is 5.46. The van der Waals surface area contributed by atoms with Crippen molar-refractivity contribution in [3.05, 3.63) is 90.8 Å². The van der Waals surface area contributed by atoms with Crippen LogP contribution in [0.2, 0.25) is 0 Å². The number of benzene rings is 2. The number of hydrogen-bond donors (Lipinski definition) is 2. The number of halogens is 1. The molecule has 0 bridgehead atoms.